The molecular formula is C9H16O2. The molecule has 0 amide bonds. The molecule has 0 aromatic carbocycles. The van der Waals surface area contributed by atoms with Crippen molar-refractivity contribution in [2.75, 3.05) is 6.61 Å². The molecule has 0 aromatic rings. The van der Waals surface area contributed by atoms with E-state index in [-0.39, 0.29) is 6.10 Å². The van der Waals surface area contributed by atoms with Gasteiger partial charge in [-0.25, -0.2) is 0 Å². The van der Waals surface area contributed by atoms with Gasteiger partial charge in [-0.3, -0.25) is 0 Å². The summed E-state index contributed by atoms with van der Waals surface area (Å²) in [5.41, 5.74) is 0. The van der Waals surface area contributed by atoms with Crippen molar-refractivity contribution in [2.45, 2.75) is 25.9 Å². The fourth-order valence-corrected chi connectivity index (χ4v) is 0.824. The molecule has 0 bridgehead atoms. The molecule has 0 heterocycles. The first-order valence-corrected chi connectivity index (χ1v) is 3.84. The SMILES string of the molecule is C=COCC(CCC)OC=C. The van der Waals surface area contributed by atoms with Crippen LogP contribution >= 0.6 is 0 Å². The first-order chi connectivity index (χ1) is 5.35. The quantitative estimate of drug-likeness (QED) is 0.527. The zero-order valence-corrected chi connectivity index (χ0v) is 7.08. The van der Waals surface area contributed by atoms with E-state index in [2.05, 4.69) is 20.1 Å². The van der Waals surface area contributed by atoms with Gasteiger partial charge in [0, 0.05) is 0 Å². The molecule has 0 fully saturated rings. The second-order valence-electron chi connectivity index (χ2n) is 2.21. The van der Waals surface area contributed by atoms with Crippen LogP contribution in [0.1, 0.15) is 19.8 Å². The first kappa shape index (κ1) is 10.1. The minimum absolute atomic E-state index is 0.121. The molecule has 0 aliphatic carbocycles. The van der Waals surface area contributed by atoms with Crippen molar-refractivity contribution in [3.05, 3.63) is 25.7 Å². The summed E-state index contributed by atoms with van der Waals surface area (Å²) in [6.45, 7) is 9.60. The second kappa shape index (κ2) is 7.19. The summed E-state index contributed by atoms with van der Waals surface area (Å²) < 4.78 is 10.2. The monoisotopic (exact) mass is 156 g/mol. The number of hydrogen-bond acceptors (Lipinski definition) is 2. The van der Waals surface area contributed by atoms with Crippen LogP contribution in [-0.4, -0.2) is 12.7 Å². The van der Waals surface area contributed by atoms with Crippen molar-refractivity contribution < 1.29 is 9.47 Å². The van der Waals surface area contributed by atoms with Gasteiger partial charge in [-0.15, -0.1) is 0 Å². The van der Waals surface area contributed by atoms with E-state index in [0.29, 0.717) is 6.61 Å². The lowest BCUT2D eigenvalue weighted by Crippen LogP contribution is -2.15. The third-order valence-electron chi connectivity index (χ3n) is 1.30. The maximum Gasteiger partial charge on any atom is 0.132 e. The minimum atomic E-state index is 0.121. The molecule has 0 spiro atoms. The van der Waals surface area contributed by atoms with Crippen molar-refractivity contribution in [1.82, 2.24) is 0 Å². The van der Waals surface area contributed by atoms with Gasteiger partial charge in [0.1, 0.15) is 12.7 Å². The smallest absolute Gasteiger partial charge is 0.132 e. The van der Waals surface area contributed by atoms with Crippen molar-refractivity contribution in [2.24, 2.45) is 0 Å². The van der Waals surface area contributed by atoms with Gasteiger partial charge in [0.15, 0.2) is 0 Å². The Kier molecular flexibility index (Phi) is 6.59. The summed E-state index contributed by atoms with van der Waals surface area (Å²) in [4.78, 5) is 0. The Bertz CT molecular complexity index is 110. The van der Waals surface area contributed by atoms with Crippen LogP contribution in [0.4, 0.5) is 0 Å². The van der Waals surface area contributed by atoms with Crippen LogP contribution in [0.15, 0.2) is 25.7 Å². The normalized spacial score (nSPS) is 11.7. The summed E-state index contributed by atoms with van der Waals surface area (Å²) >= 11 is 0. The van der Waals surface area contributed by atoms with Crippen molar-refractivity contribution in [1.29, 1.82) is 0 Å². The van der Waals surface area contributed by atoms with Crippen molar-refractivity contribution in [3.8, 4) is 0 Å². The molecule has 2 heteroatoms. The summed E-state index contributed by atoms with van der Waals surface area (Å²) in [6.07, 6.45) is 5.07. The highest BCUT2D eigenvalue weighted by atomic mass is 16.5. The molecule has 0 rings (SSSR count). The average Bonchev–Trinajstić information content (AvgIpc) is 2.01. The molecule has 1 atom stereocenters. The van der Waals surface area contributed by atoms with E-state index < -0.39 is 0 Å². The molecule has 1 unspecified atom stereocenters. The molecule has 0 saturated heterocycles. The highest BCUT2D eigenvalue weighted by Crippen LogP contribution is 2.02. The Morgan fingerprint density at radius 1 is 1.36 bits per heavy atom. The molecule has 0 saturated carbocycles. The topological polar surface area (TPSA) is 18.5 Å². The number of rotatable bonds is 7. The molecule has 0 radical (unpaired) electrons. The third kappa shape index (κ3) is 5.52. The van der Waals surface area contributed by atoms with Crippen LogP contribution < -0.4 is 0 Å². The lowest BCUT2D eigenvalue weighted by Gasteiger charge is -2.14. The van der Waals surface area contributed by atoms with Crippen molar-refractivity contribution in [3.63, 3.8) is 0 Å². The predicted octanol–water partition coefficient (Wildman–Crippen LogP) is 2.48. The highest BCUT2D eigenvalue weighted by Gasteiger charge is 2.05. The van der Waals surface area contributed by atoms with E-state index in [9.17, 15) is 0 Å². The van der Waals surface area contributed by atoms with Gasteiger partial charge < -0.3 is 9.47 Å². The van der Waals surface area contributed by atoms with Crippen LogP contribution in [-0.2, 0) is 9.47 Å². The Morgan fingerprint density at radius 3 is 2.55 bits per heavy atom. The third-order valence-corrected chi connectivity index (χ3v) is 1.30. The zero-order chi connectivity index (χ0) is 8.53. The molecule has 0 aliphatic rings. The van der Waals surface area contributed by atoms with Gasteiger partial charge in [-0.05, 0) is 6.42 Å². The Labute approximate surface area is 68.5 Å². The minimum Gasteiger partial charge on any atom is -0.498 e. The first-order valence-electron chi connectivity index (χ1n) is 3.84. The summed E-state index contributed by atoms with van der Waals surface area (Å²) in [5.74, 6) is 0. The van der Waals surface area contributed by atoms with Crippen LogP contribution in [0.25, 0.3) is 0 Å². The van der Waals surface area contributed by atoms with Gasteiger partial charge in [-0.1, -0.05) is 26.5 Å². The Morgan fingerprint density at radius 2 is 2.09 bits per heavy atom. The Hall–Kier alpha value is -0.920. The maximum absolute atomic E-state index is 5.18. The van der Waals surface area contributed by atoms with E-state index in [1.807, 2.05) is 0 Å². The van der Waals surface area contributed by atoms with Crippen LogP contribution in [0.2, 0.25) is 0 Å². The lowest BCUT2D eigenvalue weighted by molar-refractivity contribution is 0.0629. The van der Waals surface area contributed by atoms with E-state index in [4.69, 9.17) is 9.47 Å². The molecule has 0 aliphatic heterocycles. The van der Waals surface area contributed by atoms with Crippen molar-refractivity contribution >= 4 is 0 Å². The van der Waals surface area contributed by atoms with E-state index in [1.54, 1.807) is 0 Å². The van der Waals surface area contributed by atoms with Gasteiger partial charge in [0.25, 0.3) is 0 Å². The van der Waals surface area contributed by atoms with E-state index >= 15 is 0 Å². The van der Waals surface area contributed by atoms with E-state index in [0.717, 1.165) is 12.8 Å². The summed E-state index contributed by atoms with van der Waals surface area (Å²) in [6, 6.07) is 0. The summed E-state index contributed by atoms with van der Waals surface area (Å²) in [7, 11) is 0. The lowest BCUT2D eigenvalue weighted by atomic mass is 10.2. The number of hydrogen-bond donors (Lipinski definition) is 0. The molecule has 0 N–H and O–H groups in total. The molecule has 64 valence electrons. The fraction of sp³-hybridized carbons (Fsp3) is 0.556. The molecule has 11 heavy (non-hydrogen) atoms. The largest absolute Gasteiger partial charge is 0.498 e. The van der Waals surface area contributed by atoms with Crippen LogP contribution in [0, 0.1) is 0 Å². The van der Waals surface area contributed by atoms with Crippen LogP contribution in [0.5, 0.6) is 0 Å². The van der Waals surface area contributed by atoms with Gasteiger partial charge >= 0.3 is 0 Å². The second-order valence-corrected chi connectivity index (χ2v) is 2.21. The maximum atomic E-state index is 5.18. The van der Waals surface area contributed by atoms with Gasteiger partial charge in [0.2, 0.25) is 0 Å². The molecule has 2 nitrogen and oxygen atoms in total. The number of ether oxygens (including phenoxy) is 2. The van der Waals surface area contributed by atoms with Gasteiger partial charge in [-0.2, -0.15) is 0 Å². The van der Waals surface area contributed by atoms with Gasteiger partial charge in [0.05, 0.1) is 12.5 Å². The summed E-state index contributed by atoms with van der Waals surface area (Å²) in [5, 5.41) is 0. The van der Waals surface area contributed by atoms with E-state index in [1.165, 1.54) is 12.5 Å². The zero-order valence-electron chi connectivity index (χ0n) is 7.08. The predicted molar refractivity (Wildman–Crippen MR) is 46.1 cm³/mol. The van der Waals surface area contributed by atoms with Crippen LogP contribution in [0.3, 0.4) is 0 Å². The average molecular weight is 156 g/mol. The highest BCUT2D eigenvalue weighted by molar-refractivity contribution is 4.63. The standard InChI is InChI=1S/C9H16O2/c1-4-7-9(11-6-3)8-10-5-2/h5-6,9H,2-4,7-8H2,1H3. The fourth-order valence-electron chi connectivity index (χ4n) is 0.824. The molecule has 0 aromatic heterocycles. The Balaban J connectivity index is 3.49. The molecular weight excluding hydrogens is 140 g/mol.